The molecule has 0 saturated carbocycles. The summed E-state index contributed by atoms with van der Waals surface area (Å²) in [5, 5.41) is 25.5. The van der Waals surface area contributed by atoms with Crippen molar-refractivity contribution in [2.75, 3.05) is 0 Å². The summed E-state index contributed by atoms with van der Waals surface area (Å²) in [6, 6.07) is 10.6. The van der Waals surface area contributed by atoms with Crippen molar-refractivity contribution >= 4 is 51.2 Å². The number of phenolic OH excluding ortho intramolecular Hbond substituents is 1. The molecule has 1 heterocycles. The Labute approximate surface area is 198 Å². The van der Waals surface area contributed by atoms with Gasteiger partial charge in [0.2, 0.25) is 0 Å². The molecule has 0 amide bonds. The van der Waals surface area contributed by atoms with Gasteiger partial charge in [0.05, 0.1) is 12.8 Å². The number of carbonyl (C=O) groups is 1. The van der Waals surface area contributed by atoms with Gasteiger partial charge in [-0.25, -0.2) is 5.10 Å². The number of phenols is 1. The number of carboxylic acid groups (broad SMARTS) is 1. The summed E-state index contributed by atoms with van der Waals surface area (Å²) < 4.78 is 7.67. The van der Waals surface area contributed by atoms with E-state index in [9.17, 15) is 14.7 Å². The zero-order chi connectivity index (χ0) is 21.8. The number of hydrogen-bond donors (Lipinski definition) is 4. The average Bonchev–Trinajstić information content (AvgIpc) is 2.68. The van der Waals surface area contributed by atoms with Crippen molar-refractivity contribution < 1.29 is 19.7 Å². The van der Waals surface area contributed by atoms with E-state index in [4.69, 9.17) is 15.6 Å². The summed E-state index contributed by atoms with van der Waals surface area (Å²) in [4.78, 5) is 22.1. The number of nitrogens with two attached hydrogens (primary N) is 1. The molecular weight excluding hydrogens is 616 g/mol. The molecule has 0 spiro atoms. The molecule has 30 heavy (non-hydrogen) atoms. The molecule has 3 rings (SSSR count). The molecule has 0 unspecified atom stereocenters. The Kier molecular flexibility index (Phi) is 7.31. The topological polar surface area (TPSA) is 139 Å². The minimum atomic E-state index is -1.05. The van der Waals surface area contributed by atoms with Crippen LogP contribution in [0.3, 0.4) is 0 Å². The minimum absolute atomic E-state index is 0.0951. The molecule has 2 aromatic carbocycles. The van der Waals surface area contributed by atoms with E-state index in [0.717, 1.165) is 12.7 Å². The number of rotatable bonds is 7. The van der Waals surface area contributed by atoms with Gasteiger partial charge in [-0.1, -0.05) is 0 Å². The Morgan fingerprint density at radius 1 is 1.17 bits per heavy atom. The fraction of sp³-hybridized carbons (Fsp3) is 0.150. The van der Waals surface area contributed by atoms with Gasteiger partial charge >= 0.3 is 5.97 Å². The zero-order valence-corrected chi connectivity index (χ0v) is 19.7. The first kappa shape index (κ1) is 22.5. The Morgan fingerprint density at radius 2 is 1.87 bits per heavy atom. The number of nitrogens with zero attached hydrogens (tertiary/aromatic N) is 1. The fourth-order valence-corrected chi connectivity index (χ4v) is 4.84. The largest absolute Gasteiger partial charge is 0.508 e. The molecule has 0 radical (unpaired) electrons. The fourth-order valence-electron chi connectivity index (χ4n) is 2.72. The molecule has 156 valence electrons. The van der Waals surface area contributed by atoms with Crippen molar-refractivity contribution in [3.8, 4) is 17.2 Å². The van der Waals surface area contributed by atoms with E-state index in [1.165, 1.54) is 12.1 Å². The minimum Gasteiger partial charge on any atom is -0.508 e. The number of aliphatic carboxylic acids is 1. The van der Waals surface area contributed by atoms with Crippen molar-refractivity contribution in [1.82, 2.24) is 10.2 Å². The van der Waals surface area contributed by atoms with Gasteiger partial charge in [-0.05, 0) is 93.6 Å². The monoisotopic (exact) mass is 633 g/mol. The second-order valence-electron chi connectivity index (χ2n) is 6.52. The molecule has 0 aliphatic heterocycles. The molecular formula is C20H17I2N3O5. The summed E-state index contributed by atoms with van der Waals surface area (Å²) in [5.41, 5.74) is 7.34. The lowest BCUT2D eigenvalue weighted by atomic mass is 10.1. The molecule has 5 N–H and O–H groups in total. The van der Waals surface area contributed by atoms with Crippen molar-refractivity contribution in [1.29, 1.82) is 0 Å². The maximum Gasteiger partial charge on any atom is 0.320 e. The summed E-state index contributed by atoms with van der Waals surface area (Å²) in [7, 11) is 0. The number of aromatic amines is 1. The van der Waals surface area contributed by atoms with Crippen LogP contribution in [0.1, 0.15) is 16.8 Å². The number of benzene rings is 2. The number of H-pyrrole nitrogens is 1. The summed E-state index contributed by atoms with van der Waals surface area (Å²) in [6.07, 6.45) is 0.539. The van der Waals surface area contributed by atoms with Crippen LogP contribution in [-0.4, -0.2) is 32.4 Å². The van der Waals surface area contributed by atoms with E-state index in [0.29, 0.717) is 29.2 Å². The third-order valence-electron chi connectivity index (χ3n) is 4.21. The third kappa shape index (κ3) is 5.70. The van der Waals surface area contributed by atoms with E-state index >= 15 is 0 Å². The molecule has 8 nitrogen and oxygen atoms in total. The van der Waals surface area contributed by atoms with Crippen LogP contribution >= 0.6 is 45.2 Å². The molecule has 1 atom stereocenters. The lowest BCUT2D eigenvalue weighted by Crippen LogP contribution is -2.32. The molecule has 0 aliphatic carbocycles. The van der Waals surface area contributed by atoms with E-state index in [-0.39, 0.29) is 17.7 Å². The summed E-state index contributed by atoms with van der Waals surface area (Å²) in [5.74, 6) is 0.201. The highest BCUT2D eigenvalue weighted by Crippen LogP contribution is 2.35. The molecule has 10 heteroatoms. The second-order valence-corrected chi connectivity index (χ2v) is 8.84. The second kappa shape index (κ2) is 9.75. The number of nitrogens with one attached hydrogen (secondary N) is 1. The summed E-state index contributed by atoms with van der Waals surface area (Å²) in [6.45, 7) is 0. The molecule has 0 fully saturated rings. The lowest BCUT2D eigenvalue weighted by Gasteiger charge is -2.14. The Balaban J connectivity index is 1.83. The number of carboxylic acids is 1. The van der Waals surface area contributed by atoms with Crippen molar-refractivity contribution in [3.63, 3.8) is 0 Å². The number of hydrogen-bond acceptors (Lipinski definition) is 6. The SMILES string of the molecule is N[C@@H](Cc1cc(I)c(Oc2ccc(O)c(Cc3ccc(=O)[nH]n3)c2)c(I)c1)C(=O)O. The number of halogens is 2. The van der Waals surface area contributed by atoms with Gasteiger partial charge in [0.15, 0.2) is 5.75 Å². The quantitative estimate of drug-likeness (QED) is 0.294. The highest BCUT2D eigenvalue weighted by molar-refractivity contribution is 14.1. The van der Waals surface area contributed by atoms with E-state index in [1.54, 1.807) is 18.2 Å². The van der Waals surface area contributed by atoms with E-state index in [2.05, 4.69) is 55.4 Å². The first-order valence-electron chi connectivity index (χ1n) is 8.73. The Hall–Kier alpha value is -2.19. The lowest BCUT2D eigenvalue weighted by molar-refractivity contribution is -0.138. The van der Waals surface area contributed by atoms with Crippen LogP contribution in [0.15, 0.2) is 47.3 Å². The first-order valence-corrected chi connectivity index (χ1v) is 10.9. The number of aromatic hydroxyl groups is 1. The van der Waals surface area contributed by atoms with Crippen molar-refractivity contribution in [3.05, 3.63) is 76.8 Å². The molecule has 0 aliphatic rings. The molecule has 0 bridgehead atoms. The average molecular weight is 633 g/mol. The van der Waals surface area contributed by atoms with Gasteiger partial charge < -0.3 is 20.7 Å². The predicted octanol–water partition coefficient (Wildman–Crippen LogP) is 3.02. The number of aromatic nitrogens is 2. The maximum atomic E-state index is 11.2. The zero-order valence-electron chi connectivity index (χ0n) is 15.4. The van der Waals surface area contributed by atoms with E-state index < -0.39 is 12.0 Å². The Bertz CT molecular complexity index is 1110. The maximum absolute atomic E-state index is 11.2. The van der Waals surface area contributed by atoms with Crippen molar-refractivity contribution in [2.24, 2.45) is 5.73 Å². The molecule has 0 saturated heterocycles. The van der Waals surface area contributed by atoms with E-state index in [1.807, 2.05) is 12.1 Å². The first-order chi connectivity index (χ1) is 14.2. The number of ether oxygens (including phenoxy) is 1. The van der Waals surface area contributed by atoms with Gasteiger partial charge in [0.1, 0.15) is 17.5 Å². The van der Waals surface area contributed by atoms with Gasteiger partial charge in [0.25, 0.3) is 5.56 Å². The van der Waals surface area contributed by atoms with Crippen LogP contribution in [0.25, 0.3) is 0 Å². The van der Waals surface area contributed by atoms with Gasteiger partial charge in [-0.2, -0.15) is 5.10 Å². The molecule has 1 aromatic heterocycles. The highest BCUT2D eigenvalue weighted by atomic mass is 127. The normalized spacial score (nSPS) is 11.8. The van der Waals surface area contributed by atoms with Gasteiger partial charge in [-0.15, -0.1) is 0 Å². The third-order valence-corrected chi connectivity index (χ3v) is 5.81. The van der Waals surface area contributed by atoms with Crippen molar-refractivity contribution in [2.45, 2.75) is 18.9 Å². The standard InChI is InChI=1S/C20H17I2N3O5/c21-14-5-10(7-16(23)20(28)29)6-15(22)19(14)30-13-2-3-17(26)11(9-13)8-12-1-4-18(27)25-24-12/h1-6,9,16,26H,7-8,23H2,(H,25,27)(H,28,29)/t16-/m0/s1. The van der Waals surface area contributed by atoms with Crippen LogP contribution in [0.5, 0.6) is 17.2 Å². The summed E-state index contributed by atoms with van der Waals surface area (Å²) >= 11 is 4.26. The van der Waals surface area contributed by atoms with Crippen LogP contribution < -0.4 is 16.0 Å². The highest BCUT2D eigenvalue weighted by Gasteiger charge is 2.16. The molecule has 3 aromatic rings. The predicted molar refractivity (Wildman–Crippen MR) is 127 cm³/mol. The smallest absolute Gasteiger partial charge is 0.320 e. The van der Waals surface area contributed by atoms with Crippen LogP contribution in [0, 0.1) is 7.14 Å². The van der Waals surface area contributed by atoms with Crippen LogP contribution in [0.2, 0.25) is 0 Å². The van der Waals surface area contributed by atoms with Gasteiger partial charge in [-0.3, -0.25) is 9.59 Å². The van der Waals surface area contributed by atoms with Crippen LogP contribution in [0.4, 0.5) is 0 Å². The van der Waals surface area contributed by atoms with Gasteiger partial charge in [0, 0.05) is 18.1 Å². The Morgan fingerprint density at radius 3 is 2.47 bits per heavy atom. The van der Waals surface area contributed by atoms with Crippen LogP contribution in [-0.2, 0) is 17.6 Å².